The monoisotopic (exact) mass is 328 g/mol. The van der Waals surface area contributed by atoms with E-state index in [4.69, 9.17) is 20.9 Å². The van der Waals surface area contributed by atoms with Crippen LogP contribution in [0.1, 0.15) is 31.9 Å². The molecule has 2 aromatic rings. The average molecular weight is 329 g/mol. The first-order valence-corrected chi connectivity index (χ1v) is 8.34. The Hall–Kier alpha value is -1.29. The van der Waals surface area contributed by atoms with Crippen LogP contribution in [0.15, 0.2) is 48.5 Å². The first-order chi connectivity index (χ1) is 10.8. The Labute approximate surface area is 143 Å². The summed E-state index contributed by atoms with van der Waals surface area (Å²) in [7, 11) is -0.337. The van der Waals surface area contributed by atoms with Gasteiger partial charge >= 0.3 is 7.12 Å². The maximum Gasteiger partial charge on any atom is 0.494 e. The van der Waals surface area contributed by atoms with Crippen molar-refractivity contribution < 1.29 is 9.31 Å². The maximum atomic E-state index is 6.37. The number of hydrogen-bond donors (Lipinski definition) is 0. The van der Waals surface area contributed by atoms with E-state index in [-0.39, 0.29) is 7.12 Å². The lowest BCUT2D eigenvalue weighted by atomic mass is 9.79. The quantitative estimate of drug-likeness (QED) is 0.787. The summed E-state index contributed by atoms with van der Waals surface area (Å²) >= 11 is 6.20. The molecule has 1 aliphatic rings. The predicted octanol–water partition coefficient (Wildman–Crippen LogP) is 4.17. The summed E-state index contributed by atoms with van der Waals surface area (Å²) in [6.45, 7) is 8.36. The zero-order valence-electron chi connectivity index (χ0n) is 14.1. The van der Waals surface area contributed by atoms with Crippen molar-refractivity contribution in [3.05, 3.63) is 64.7 Å². The molecule has 1 heterocycles. The lowest BCUT2D eigenvalue weighted by Gasteiger charge is -2.36. The van der Waals surface area contributed by atoms with E-state index in [1.165, 1.54) is 5.56 Å². The summed E-state index contributed by atoms with van der Waals surface area (Å²) in [6, 6.07) is 16.2. The van der Waals surface area contributed by atoms with Crippen molar-refractivity contribution in [3.8, 4) is 0 Å². The van der Waals surface area contributed by atoms with Gasteiger partial charge in [0, 0.05) is 11.4 Å². The molecule has 0 N–H and O–H groups in total. The standard InChI is InChI=1S/C19H22BClO2/c1-14-10-15(12-17(21)11-14)13-19(4)18(2,3)22-20(23-19)16-8-6-5-7-9-16/h5-12H,13H2,1-4H3. The molecule has 120 valence electrons. The Balaban J connectivity index is 1.87. The number of rotatable bonds is 3. The molecule has 23 heavy (non-hydrogen) atoms. The molecule has 1 aliphatic heterocycles. The normalized spacial score (nSPS) is 23.3. The first kappa shape index (κ1) is 16.6. The largest absolute Gasteiger partial charge is 0.494 e. The van der Waals surface area contributed by atoms with Gasteiger partial charge in [0.1, 0.15) is 0 Å². The van der Waals surface area contributed by atoms with E-state index in [9.17, 15) is 0 Å². The fraction of sp³-hybridized carbons (Fsp3) is 0.368. The third-order valence-corrected chi connectivity index (χ3v) is 4.98. The zero-order valence-corrected chi connectivity index (χ0v) is 14.9. The van der Waals surface area contributed by atoms with E-state index < -0.39 is 11.2 Å². The summed E-state index contributed by atoms with van der Waals surface area (Å²) in [4.78, 5) is 0. The summed E-state index contributed by atoms with van der Waals surface area (Å²) < 4.78 is 12.6. The molecule has 0 aromatic heterocycles. The van der Waals surface area contributed by atoms with Gasteiger partial charge in [-0.05, 0) is 56.4 Å². The molecule has 2 aromatic carbocycles. The minimum atomic E-state index is -0.426. The molecule has 3 rings (SSSR count). The van der Waals surface area contributed by atoms with Crippen LogP contribution in [0.5, 0.6) is 0 Å². The molecular formula is C19H22BClO2. The van der Waals surface area contributed by atoms with Crippen molar-refractivity contribution in [2.75, 3.05) is 0 Å². The fourth-order valence-electron chi connectivity index (χ4n) is 3.10. The lowest BCUT2D eigenvalue weighted by Crippen LogP contribution is -2.46. The van der Waals surface area contributed by atoms with Crippen molar-refractivity contribution in [1.82, 2.24) is 0 Å². The summed E-state index contributed by atoms with van der Waals surface area (Å²) in [5, 5.41) is 0.764. The minimum absolute atomic E-state index is 0.337. The van der Waals surface area contributed by atoms with Crippen molar-refractivity contribution in [2.45, 2.75) is 45.3 Å². The van der Waals surface area contributed by atoms with Gasteiger partial charge in [0.25, 0.3) is 0 Å². The first-order valence-electron chi connectivity index (χ1n) is 7.96. The highest BCUT2D eigenvalue weighted by Gasteiger charge is 2.54. The van der Waals surface area contributed by atoms with Gasteiger partial charge in [-0.1, -0.05) is 48.0 Å². The Kier molecular flexibility index (Phi) is 4.30. The third-order valence-electron chi connectivity index (χ3n) is 4.76. The number of aryl methyl sites for hydroxylation is 1. The Morgan fingerprint density at radius 3 is 2.35 bits per heavy atom. The van der Waals surface area contributed by atoms with E-state index in [0.29, 0.717) is 0 Å². The van der Waals surface area contributed by atoms with Crippen LogP contribution in [0.25, 0.3) is 0 Å². The molecule has 0 amide bonds. The smallest absolute Gasteiger partial charge is 0.399 e. The topological polar surface area (TPSA) is 18.5 Å². The van der Waals surface area contributed by atoms with Crippen LogP contribution in [-0.2, 0) is 15.7 Å². The zero-order chi connectivity index (χ0) is 16.7. The SMILES string of the molecule is Cc1cc(Cl)cc(CC2(C)OB(c3ccccc3)OC2(C)C)c1. The van der Waals surface area contributed by atoms with Gasteiger partial charge < -0.3 is 9.31 Å². The van der Waals surface area contributed by atoms with Gasteiger partial charge in [-0.3, -0.25) is 0 Å². The highest BCUT2D eigenvalue weighted by molar-refractivity contribution is 6.62. The van der Waals surface area contributed by atoms with Gasteiger partial charge in [-0.2, -0.15) is 0 Å². The van der Waals surface area contributed by atoms with E-state index in [0.717, 1.165) is 22.5 Å². The van der Waals surface area contributed by atoms with Gasteiger partial charge in [0.2, 0.25) is 0 Å². The molecule has 4 heteroatoms. The van der Waals surface area contributed by atoms with Crippen molar-refractivity contribution in [1.29, 1.82) is 0 Å². The summed E-state index contributed by atoms with van der Waals surface area (Å²) in [6.07, 6.45) is 0.755. The number of halogens is 1. The second kappa shape index (κ2) is 5.97. The van der Waals surface area contributed by atoms with Crippen LogP contribution in [-0.4, -0.2) is 18.3 Å². The van der Waals surface area contributed by atoms with Gasteiger partial charge in [-0.15, -0.1) is 0 Å². The maximum absolute atomic E-state index is 6.37. The molecule has 1 saturated heterocycles. The Morgan fingerprint density at radius 1 is 1.00 bits per heavy atom. The van der Waals surface area contributed by atoms with Crippen LogP contribution >= 0.6 is 11.6 Å². The van der Waals surface area contributed by atoms with Crippen molar-refractivity contribution in [2.24, 2.45) is 0 Å². The molecule has 0 saturated carbocycles. The minimum Gasteiger partial charge on any atom is -0.399 e. The molecular weight excluding hydrogens is 306 g/mol. The number of benzene rings is 2. The Morgan fingerprint density at radius 2 is 1.70 bits per heavy atom. The van der Waals surface area contributed by atoms with Crippen LogP contribution in [0.4, 0.5) is 0 Å². The summed E-state index contributed by atoms with van der Waals surface area (Å²) in [5.41, 5.74) is 2.55. The van der Waals surface area contributed by atoms with E-state index in [1.54, 1.807) is 0 Å². The van der Waals surface area contributed by atoms with Crippen LogP contribution < -0.4 is 5.46 Å². The summed E-state index contributed by atoms with van der Waals surface area (Å²) in [5.74, 6) is 0. The third kappa shape index (κ3) is 3.32. The highest BCUT2D eigenvalue weighted by atomic mass is 35.5. The second-order valence-corrected chi connectivity index (χ2v) is 7.47. The van der Waals surface area contributed by atoms with Gasteiger partial charge in [-0.25, -0.2) is 0 Å². The van der Waals surface area contributed by atoms with Crippen molar-refractivity contribution >= 4 is 24.2 Å². The van der Waals surface area contributed by atoms with Gasteiger partial charge in [0.05, 0.1) is 11.2 Å². The van der Waals surface area contributed by atoms with Crippen LogP contribution in [0.3, 0.4) is 0 Å². The molecule has 0 radical (unpaired) electrons. The molecule has 0 aliphatic carbocycles. The fourth-order valence-corrected chi connectivity index (χ4v) is 3.41. The molecule has 0 spiro atoms. The van der Waals surface area contributed by atoms with Crippen LogP contribution in [0.2, 0.25) is 5.02 Å². The predicted molar refractivity (Wildman–Crippen MR) is 96.4 cm³/mol. The lowest BCUT2D eigenvalue weighted by molar-refractivity contribution is -0.00877. The van der Waals surface area contributed by atoms with Gasteiger partial charge in [0.15, 0.2) is 0 Å². The second-order valence-electron chi connectivity index (χ2n) is 7.03. The van der Waals surface area contributed by atoms with E-state index >= 15 is 0 Å². The van der Waals surface area contributed by atoms with Crippen LogP contribution in [0, 0.1) is 6.92 Å². The van der Waals surface area contributed by atoms with E-state index in [2.05, 4.69) is 33.8 Å². The van der Waals surface area contributed by atoms with E-state index in [1.807, 2.05) is 42.5 Å². The van der Waals surface area contributed by atoms with Crippen molar-refractivity contribution in [3.63, 3.8) is 0 Å². The molecule has 0 bridgehead atoms. The number of hydrogen-bond acceptors (Lipinski definition) is 2. The average Bonchev–Trinajstić information content (AvgIpc) is 2.69. The molecule has 1 atom stereocenters. The molecule has 1 fully saturated rings. The molecule has 1 unspecified atom stereocenters. The highest BCUT2D eigenvalue weighted by Crippen LogP contribution is 2.40. The molecule has 2 nitrogen and oxygen atoms in total. The Bertz CT molecular complexity index is 682.